The van der Waals surface area contributed by atoms with Gasteiger partial charge < -0.3 is 0 Å². The Bertz CT molecular complexity index is 796. The number of hydrazine groups is 1. The highest BCUT2D eigenvalue weighted by atomic mass is 19.4. The van der Waals surface area contributed by atoms with Crippen LogP contribution in [0.1, 0.15) is 25.5 Å². The monoisotopic (exact) mass is 340 g/mol. The molecule has 7 heteroatoms. The number of nitrogens with one attached hydrogen (secondary N) is 1. The zero-order chi connectivity index (χ0) is 17.7. The molecule has 1 heterocycles. The summed E-state index contributed by atoms with van der Waals surface area (Å²) in [4.78, 5) is 11.9. The Labute approximate surface area is 136 Å². The molecule has 3 rings (SSSR count). The van der Waals surface area contributed by atoms with Crippen molar-refractivity contribution in [1.82, 2.24) is 10.4 Å². The number of carbonyl (C=O) groups is 1. The predicted octanol–water partition coefficient (Wildman–Crippen LogP) is 3.96. The molecule has 1 atom stereocenters. The van der Waals surface area contributed by atoms with Gasteiger partial charge in [0.1, 0.15) is 5.82 Å². The van der Waals surface area contributed by atoms with Crippen molar-refractivity contribution in [1.29, 1.82) is 0 Å². The van der Waals surface area contributed by atoms with E-state index >= 15 is 0 Å². The third kappa shape index (κ3) is 2.73. The van der Waals surface area contributed by atoms with Crippen LogP contribution in [0.15, 0.2) is 36.4 Å². The fraction of sp³-hybridized carbons (Fsp3) is 0.353. The summed E-state index contributed by atoms with van der Waals surface area (Å²) in [5.74, 6) is -1.21. The molecule has 1 saturated heterocycles. The van der Waals surface area contributed by atoms with Gasteiger partial charge in [0.2, 0.25) is 5.91 Å². The Morgan fingerprint density at radius 2 is 1.79 bits per heavy atom. The standard InChI is InChI=1S/C17H16F4N2O/c1-16(2)9-23(22-15(16)24)14(17(19,20)21)11-7-3-5-10-6-4-8-12(18)13(10)11/h3-8,14H,9H2,1-2H3,(H,22,24). The Hall–Kier alpha value is -2.15. The maximum Gasteiger partial charge on any atom is 0.409 e. The molecule has 1 aliphatic rings. The van der Waals surface area contributed by atoms with Crippen LogP contribution in [-0.4, -0.2) is 23.6 Å². The summed E-state index contributed by atoms with van der Waals surface area (Å²) in [6, 6.07) is 6.28. The van der Waals surface area contributed by atoms with Gasteiger partial charge in [0.05, 0.1) is 5.41 Å². The van der Waals surface area contributed by atoms with Gasteiger partial charge in [-0.1, -0.05) is 30.3 Å². The van der Waals surface area contributed by atoms with Crippen LogP contribution < -0.4 is 5.43 Å². The van der Waals surface area contributed by atoms with Crippen molar-refractivity contribution in [3.63, 3.8) is 0 Å². The first kappa shape index (κ1) is 16.7. The van der Waals surface area contributed by atoms with Gasteiger partial charge in [-0.3, -0.25) is 10.2 Å². The number of alkyl halides is 3. The second kappa shape index (κ2) is 5.44. The second-order valence-corrected chi connectivity index (χ2v) is 6.58. The summed E-state index contributed by atoms with van der Waals surface area (Å²) in [6.07, 6.45) is -4.68. The third-order valence-corrected chi connectivity index (χ3v) is 4.23. The van der Waals surface area contributed by atoms with Crippen molar-refractivity contribution in [2.75, 3.05) is 6.54 Å². The Morgan fingerprint density at radius 3 is 2.33 bits per heavy atom. The van der Waals surface area contributed by atoms with Crippen molar-refractivity contribution in [3.8, 4) is 0 Å². The Morgan fingerprint density at radius 1 is 1.17 bits per heavy atom. The molecule has 0 radical (unpaired) electrons. The quantitative estimate of drug-likeness (QED) is 0.840. The number of hydrogen-bond donors (Lipinski definition) is 1. The Kier molecular flexibility index (Phi) is 3.79. The van der Waals surface area contributed by atoms with Crippen LogP contribution in [0.25, 0.3) is 10.8 Å². The van der Waals surface area contributed by atoms with Gasteiger partial charge in [-0.15, -0.1) is 0 Å². The summed E-state index contributed by atoms with van der Waals surface area (Å²) < 4.78 is 55.6. The molecular weight excluding hydrogens is 324 g/mol. The van der Waals surface area contributed by atoms with Crippen molar-refractivity contribution in [3.05, 3.63) is 47.8 Å². The average Bonchev–Trinajstić information content (AvgIpc) is 2.71. The minimum atomic E-state index is -4.68. The number of benzene rings is 2. The first-order valence-electron chi connectivity index (χ1n) is 7.43. The summed E-state index contributed by atoms with van der Waals surface area (Å²) >= 11 is 0. The van der Waals surface area contributed by atoms with E-state index in [0.29, 0.717) is 5.39 Å². The number of halogens is 4. The van der Waals surface area contributed by atoms with Crippen LogP contribution in [0.5, 0.6) is 0 Å². The van der Waals surface area contributed by atoms with E-state index in [1.54, 1.807) is 26.0 Å². The van der Waals surface area contributed by atoms with Gasteiger partial charge in [0, 0.05) is 11.9 Å². The first-order valence-corrected chi connectivity index (χ1v) is 7.43. The molecule has 2 aromatic carbocycles. The van der Waals surface area contributed by atoms with E-state index < -0.39 is 29.4 Å². The average molecular weight is 340 g/mol. The van der Waals surface area contributed by atoms with Crippen LogP contribution in [-0.2, 0) is 4.79 Å². The molecular formula is C17H16F4N2O. The largest absolute Gasteiger partial charge is 0.409 e. The van der Waals surface area contributed by atoms with E-state index in [0.717, 1.165) is 11.1 Å². The molecule has 0 bridgehead atoms. The number of nitrogens with zero attached hydrogens (tertiary/aromatic N) is 1. The van der Waals surface area contributed by atoms with Crippen LogP contribution in [0.3, 0.4) is 0 Å². The zero-order valence-electron chi connectivity index (χ0n) is 13.1. The van der Waals surface area contributed by atoms with Crippen LogP contribution in [0.4, 0.5) is 17.6 Å². The highest BCUT2D eigenvalue weighted by Crippen LogP contribution is 2.43. The van der Waals surface area contributed by atoms with Gasteiger partial charge in [-0.05, 0) is 30.9 Å². The molecule has 2 aromatic rings. The topological polar surface area (TPSA) is 32.3 Å². The molecule has 1 unspecified atom stereocenters. The normalized spacial score (nSPS) is 19.5. The van der Waals surface area contributed by atoms with E-state index in [9.17, 15) is 22.4 Å². The van der Waals surface area contributed by atoms with Crippen LogP contribution >= 0.6 is 0 Å². The molecule has 0 aliphatic carbocycles. The predicted molar refractivity (Wildman–Crippen MR) is 81.3 cm³/mol. The van der Waals surface area contributed by atoms with E-state index in [1.807, 2.05) is 0 Å². The molecule has 1 fully saturated rings. The summed E-state index contributed by atoms with van der Waals surface area (Å²) in [5.41, 5.74) is 1.12. The molecule has 128 valence electrons. The molecule has 1 aliphatic heterocycles. The molecule has 1 N–H and O–H groups in total. The second-order valence-electron chi connectivity index (χ2n) is 6.58. The van der Waals surface area contributed by atoms with Gasteiger partial charge >= 0.3 is 6.18 Å². The van der Waals surface area contributed by atoms with E-state index in [-0.39, 0.29) is 17.5 Å². The fourth-order valence-corrected chi connectivity index (χ4v) is 3.05. The van der Waals surface area contributed by atoms with E-state index in [4.69, 9.17) is 0 Å². The van der Waals surface area contributed by atoms with Crippen molar-refractivity contribution < 1.29 is 22.4 Å². The number of fused-ring (bicyclic) bond motifs is 1. The lowest BCUT2D eigenvalue weighted by Gasteiger charge is -2.30. The maximum absolute atomic E-state index is 14.2. The van der Waals surface area contributed by atoms with E-state index in [1.165, 1.54) is 18.2 Å². The number of amides is 1. The van der Waals surface area contributed by atoms with Gasteiger partial charge in [-0.2, -0.15) is 13.2 Å². The third-order valence-electron chi connectivity index (χ3n) is 4.23. The van der Waals surface area contributed by atoms with Gasteiger partial charge in [0.25, 0.3) is 0 Å². The summed E-state index contributed by atoms with van der Waals surface area (Å²) in [7, 11) is 0. The van der Waals surface area contributed by atoms with Crippen molar-refractivity contribution in [2.24, 2.45) is 5.41 Å². The highest BCUT2D eigenvalue weighted by Gasteiger charge is 2.51. The first-order chi connectivity index (χ1) is 11.1. The summed E-state index contributed by atoms with van der Waals surface area (Å²) in [5, 5.41) is 1.15. The van der Waals surface area contributed by atoms with Gasteiger partial charge in [0.15, 0.2) is 6.04 Å². The highest BCUT2D eigenvalue weighted by molar-refractivity contribution is 5.87. The lowest BCUT2D eigenvalue weighted by Crippen LogP contribution is -2.43. The number of carbonyl (C=O) groups excluding carboxylic acids is 1. The maximum atomic E-state index is 14.2. The van der Waals surface area contributed by atoms with Crippen molar-refractivity contribution in [2.45, 2.75) is 26.1 Å². The van der Waals surface area contributed by atoms with E-state index in [2.05, 4.69) is 5.43 Å². The SMILES string of the molecule is CC1(C)CN(C(c2cccc3cccc(F)c23)C(F)(F)F)NC1=O. The zero-order valence-corrected chi connectivity index (χ0v) is 13.1. The molecule has 0 spiro atoms. The molecule has 24 heavy (non-hydrogen) atoms. The van der Waals surface area contributed by atoms with Gasteiger partial charge in [-0.25, -0.2) is 9.40 Å². The van der Waals surface area contributed by atoms with Crippen LogP contribution in [0, 0.1) is 11.2 Å². The molecule has 0 saturated carbocycles. The van der Waals surface area contributed by atoms with Crippen LogP contribution in [0.2, 0.25) is 0 Å². The molecule has 3 nitrogen and oxygen atoms in total. The van der Waals surface area contributed by atoms with Crippen molar-refractivity contribution >= 4 is 16.7 Å². The summed E-state index contributed by atoms with van der Waals surface area (Å²) in [6.45, 7) is 3.01. The molecule has 0 aromatic heterocycles. The smallest absolute Gasteiger partial charge is 0.287 e. The molecule has 1 amide bonds. The minimum Gasteiger partial charge on any atom is -0.287 e. The lowest BCUT2D eigenvalue weighted by atomic mass is 9.93. The number of rotatable bonds is 2. The number of hydrogen-bond acceptors (Lipinski definition) is 2. The Balaban J connectivity index is 2.18. The fourth-order valence-electron chi connectivity index (χ4n) is 3.05. The lowest BCUT2D eigenvalue weighted by molar-refractivity contribution is -0.191. The minimum absolute atomic E-state index is 0.0821.